The van der Waals surface area contributed by atoms with E-state index in [1.54, 1.807) is 17.7 Å². The molecule has 2 aromatic rings. The summed E-state index contributed by atoms with van der Waals surface area (Å²) in [5.41, 5.74) is 0. The Morgan fingerprint density at radius 2 is 2.16 bits per heavy atom. The van der Waals surface area contributed by atoms with E-state index < -0.39 is 0 Å². The lowest BCUT2D eigenvalue weighted by Gasteiger charge is -2.28. The molecule has 0 unspecified atom stereocenters. The zero-order valence-corrected chi connectivity index (χ0v) is 12.3. The van der Waals surface area contributed by atoms with Gasteiger partial charge in [-0.15, -0.1) is 11.3 Å². The van der Waals surface area contributed by atoms with E-state index >= 15 is 0 Å². The standard InChI is InChI=1S/C14H20N4S/c1-10-7-12-13(16-9-17-14(12)19-10)18(2)8-11-3-5-15-6-4-11/h7,9,11,15H,3-6,8H2,1-2H3. The van der Waals surface area contributed by atoms with E-state index in [0.717, 1.165) is 36.2 Å². The number of piperidine rings is 1. The molecule has 0 amide bonds. The molecule has 1 fully saturated rings. The second-order valence-corrected chi connectivity index (χ2v) is 6.58. The summed E-state index contributed by atoms with van der Waals surface area (Å²) in [6, 6.07) is 2.20. The molecule has 0 atom stereocenters. The van der Waals surface area contributed by atoms with Gasteiger partial charge in [0.15, 0.2) is 0 Å². The van der Waals surface area contributed by atoms with Gasteiger partial charge in [0.1, 0.15) is 17.0 Å². The van der Waals surface area contributed by atoms with Gasteiger partial charge in [0.05, 0.1) is 5.39 Å². The van der Waals surface area contributed by atoms with Crippen molar-refractivity contribution in [3.05, 3.63) is 17.3 Å². The molecule has 3 heterocycles. The number of nitrogens with zero attached hydrogens (tertiary/aromatic N) is 3. The Morgan fingerprint density at radius 1 is 1.37 bits per heavy atom. The van der Waals surface area contributed by atoms with Gasteiger partial charge in [-0.2, -0.15) is 0 Å². The Morgan fingerprint density at radius 3 is 2.95 bits per heavy atom. The molecule has 1 N–H and O–H groups in total. The van der Waals surface area contributed by atoms with Crippen molar-refractivity contribution < 1.29 is 0 Å². The molecule has 1 saturated heterocycles. The highest BCUT2D eigenvalue weighted by atomic mass is 32.1. The highest BCUT2D eigenvalue weighted by molar-refractivity contribution is 7.18. The van der Waals surface area contributed by atoms with Crippen molar-refractivity contribution in [2.45, 2.75) is 19.8 Å². The third-order valence-electron chi connectivity index (χ3n) is 3.78. The van der Waals surface area contributed by atoms with E-state index in [1.165, 1.54) is 23.1 Å². The van der Waals surface area contributed by atoms with Gasteiger partial charge in [-0.25, -0.2) is 9.97 Å². The minimum absolute atomic E-state index is 0.774. The van der Waals surface area contributed by atoms with Crippen molar-refractivity contribution in [3.63, 3.8) is 0 Å². The van der Waals surface area contributed by atoms with Gasteiger partial charge in [0, 0.05) is 18.5 Å². The number of hydrogen-bond donors (Lipinski definition) is 1. The minimum Gasteiger partial charge on any atom is -0.359 e. The van der Waals surface area contributed by atoms with Crippen LogP contribution in [0.15, 0.2) is 12.4 Å². The summed E-state index contributed by atoms with van der Waals surface area (Å²) in [5.74, 6) is 1.85. The quantitative estimate of drug-likeness (QED) is 0.935. The van der Waals surface area contributed by atoms with Crippen LogP contribution in [0.2, 0.25) is 0 Å². The summed E-state index contributed by atoms with van der Waals surface area (Å²) in [5, 5.41) is 4.61. The molecule has 1 aliphatic rings. The number of aryl methyl sites for hydroxylation is 1. The summed E-state index contributed by atoms with van der Waals surface area (Å²) in [4.78, 5) is 13.5. The minimum atomic E-state index is 0.774. The van der Waals surface area contributed by atoms with E-state index in [2.05, 4.69) is 40.2 Å². The van der Waals surface area contributed by atoms with Crippen LogP contribution in [0.25, 0.3) is 10.2 Å². The Balaban J connectivity index is 1.82. The molecule has 19 heavy (non-hydrogen) atoms. The van der Waals surface area contributed by atoms with Crippen LogP contribution in [0.3, 0.4) is 0 Å². The van der Waals surface area contributed by atoms with E-state index in [1.807, 2.05) is 0 Å². The second-order valence-electron chi connectivity index (χ2n) is 5.35. The van der Waals surface area contributed by atoms with Gasteiger partial charge in [-0.3, -0.25) is 0 Å². The van der Waals surface area contributed by atoms with Gasteiger partial charge < -0.3 is 10.2 Å². The topological polar surface area (TPSA) is 41.0 Å². The second kappa shape index (κ2) is 5.43. The number of hydrogen-bond acceptors (Lipinski definition) is 5. The third-order valence-corrected chi connectivity index (χ3v) is 4.74. The summed E-state index contributed by atoms with van der Waals surface area (Å²) in [6.07, 6.45) is 4.22. The molecular formula is C14H20N4S. The molecule has 0 spiro atoms. The molecule has 0 radical (unpaired) electrons. The first-order valence-corrected chi connectivity index (χ1v) is 7.68. The van der Waals surface area contributed by atoms with Crippen molar-refractivity contribution >= 4 is 27.4 Å². The summed E-state index contributed by atoms with van der Waals surface area (Å²) in [7, 11) is 2.15. The highest BCUT2D eigenvalue weighted by Gasteiger charge is 2.17. The lowest BCUT2D eigenvalue weighted by Crippen LogP contribution is -2.34. The lowest BCUT2D eigenvalue weighted by molar-refractivity contribution is 0.377. The maximum Gasteiger partial charge on any atom is 0.140 e. The predicted octanol–water partition coefficient (Wildman–Crippen LogP) is 2.44. The molecule has 1 aliphatic heterocycles. The molecule has 3 rings (SSSR count). The Labute approximate surface area is 117 Å². The lowest BCUT2D eigenvalue weighted by atomic mass is 9.98. The van der Waals surface area contributed by atoms with Crippen molar-refractivity contribution in [3.8, 4) is 0 Å². The molecule has 5 heteroatoms. The Hall–Kier alpha value is -1.20. The first-order chi connectivity index (χ1) is 9.24. The first kappa shape index (κ1) is 12.8. The van der Waals surface area contributed by atoms with Crippen LogP contribution < -0.4 is 10.2 Å². The normalized spacial score (nSPS) is 16.9. The molecule has 0 aromatic carbocycles. The van der Waals surface area contributed by atoms with Crippen LogP contribution in [0.4, 0.5) is 5.82 Å². The SMILES string of the molecule is Cc1cc2c(N(C)CC3CCNCC3)ncnc2s1. The van der Waals surface area contributed by atoms with E-state index in [0.29, 0.717) is 0 Å². The van der Waals surface area contributed by atoms with Crippen molar-refractivity contribution in [2.24, 2.45) is 5.92 Å². The van der Waals surface area contributed by atoms with Gasteiger partial charge >= 0.3 is 0 Å². The fourth-order valence-electron chi connectivity index (χ4n) is 2.81. The summed E-state index contributed by atoms with van der Waals surface area (Å²) < 4.78 is 0. The number of thiophene rings is 1. The number of aromatic nitrogens is 2. The van der Waals surface area contributed by atoms with E-state index in [4.69, 9.17) is 0 Å². The molecule has 0 bridgehead atoms. The zero-order valence-electron chi connectivity index (χ0n) is 11.5. The molecule has 4 nitrogen and oxygen atoms in total. The maximum atomic E-state index is 4.49. The van der Waals surface area contributed by atoms with Crippen LogP contribution in [-0.4, -0.2) is 36.6 Å². The number of rotatable bonds is 3. The number of fused-ring (bicyclic) bond motifs is 1. The molecule has 102 valence electrons. The molecular weight excluding hydrogens is 256 g/mol. The Kier molecular flexibility index (Phi) is 3.66. The fourth-order valence-corrected chi connectivity index (χ4v) is 3.65. The predicted molar refractivity (Wildman–Crippen MR) is 81.0 cm³/mol. The van der Waals surface area contributed by atoms with Crippen molar-refractivity contribution in [1.29, 1.82) is 0 Å². The van der Waals surface area contributed by atoms with Gasteiger partial charge in [-0.05, 0) is 44.8 Å². The van der Waals surface area contributed by atoms with E-state index in [-0.39, 0.29) is 0 Å². The smallest absolute Gasteiger partial charge is 0.140 e. The molecule has 2 aromatic heterocycles. The van der Waals surface area contributed by atoms with Crippen LogP contribution in [0, 0.1) is 12.8 Å². The first-order valence-electron chi connectivity index (χ1n) is 6.87. The Bertz CT molecular complexity index is 560. The largest absolute Gasteiger partial charge is 0.359 e. The number of anilines is 1. The maximum absolute atomic E-state index is 4.49. The highest BCUT2D eigenvalue weighted by Crippen LogP contribution is 2.29. The average Bonchev–Trinajstić information content (AvgIpc) is 2.79. The molecule has 0 saturated carbocycles. The van der Waals surface area contributed by atoms with Crippen LogP contribution in [0.5, 0.6) is 0 Å². The molecule has 0 aliphatic carbocycles. The summed E-state index contributed by atoms with van der Waals surface area (Å²) >= 11 is 1.74. The monoisotopic (exact) mass is 276 g/mol. The summed E-state index contributed by atoms with van der Waals surface area (Å²) in [6.45, 7) is 5.51. The zero-order chi connectivity index (χ0) is 13.2. The van der Waals surface area contributed by atoms with Crippen molar-refractivity contribution in [2.75, 3.05) is 31.6 Å². The average molecular weight is 276 g/mol. The van der Waals surface area contributed by atoms with Gasteiger partial charge in [-0.1, -0.05) is 0 Å². The van der Waals surface area contributed by atoms with Crippen LogP contribution >= 0.6 is 11.3 Å². The van der Waals surface area contributed by atoms with Crippen LogP contribution in [-0.2, 0) is 0 Å². The third kappa shape index (κ3) is 2.72. The van der Waals surface area contributed by atoms with E-state index in [9.17, 15) is 0 Å². The van der Waals surface area contributed by atoms with Gasteiger partial charge in [0.25, 0.3) is 0 Å². The van der Waals surface area contributed by atoms with Gasteiger partial charge in [0.2, 0.25) is 0 Å². The number of nitrogens with one attached hydrogen (secondary N) is 1. The van der Waals surface area contributed by atoms with Crippen molar-refractivity contribution in [1.82, 2.24) is 15.3 Å². The van der Waals surface area contributed by atoms with Crippen LogP contribution in [0.1, 0.15) is 17.7 Å². The fraction of sp³-hybridized carbons (Fsp3) is 0.571.